The molecule has 0 radical (unpaired) electrons. The molecule has 0 saturated carbocycles. The molecule has 3 aliphatic heterocycles. The predicted octanol–water partition coefficient (Wildman–Crippen LogP) is 0.907. The lowest BCUT2D eigenvalue weighted by molar-refractivity contribution is -0.136. The number of hydrogen-bond donors (Lipinski definition) is 2. The summed E-state index contributed by atoms with van der Waals surface area (Å²) in [5.41, 5.74) is 1.32. The number of carbonyl (C=O) groups excluding carboxylic acids is 4. The zero-order valence-electron chi connectivity index (χ0n) is 16.9. The van der Waals surface area contributed by atoms with Gasteiger partial charge in [0.15, 0.2) is 0 Å². The lowest BCUT2D eigenvalue weighted by Gasteiger charge is -2.33. The van der Waals surface area contributed by atoms with E-state index >= 15 is 0 Å². The van der Waals surface area contributed by atoms with Crippen LogP contribution in [0.25, 0.3) is 0 Å². The maximum absolute atomic E-state index is 12.9. The van der Waals surface area contributed by atoms with E-state index in [9.17, 15) is 28.0 Å². The van der Waals surface area contributed by atoms with Crippen LogP contribution in [0.4, 0.5) is 8.78 Å². The predicted molar refractivity (Wildman–Crippen MR) is 105 cm³/mol. The summed E-state index contributed by atoms with van der Waals surface area (Å²) in [7, 11) is 0. The van der Waals surface area contributed by atoms with Crippen molar-refractivity contribution in [3.05, 3.63) is 34.9 Å². The van der Waals surface area contributed by atoms with Crippen LogP contribution in [0.1, 0.15) is 52.0 Å². The average molecular weight is 434 g/mol. The first-order valence-corrected chi connectivity index (χ1v) is 10.4. The number of alkyl halides is 2. The molecule has 1 aromatic carbocycles. The van der Waals surface area contributed by atoms with Gasteiger partial charge in [-0.3, -0.25) is 34.3 Å². The number of nitrogens with one attached hydrogen (secondary N) is 2. The van der Waals surface area contributed by atoms with E-state index in [1.54, 1.807) is 18.2 Å². The highest BCUT2D eigenvalue weighted by molar-refractivity contribution is 6.23. The highest BCUT2D eigenvalue weighted by Gasteiger charge is 2.44. The second-order valence-corrected chi connectivity index (χ2v) is 8.20. The molecule has 1 aromatic rings. The van der Waals surface area contributed by atoms with Gasteiger partial charge in [0.2, 0.25) is 11.8 Å². The third-order valence-electron chi connectivity index (χ3n) is 5.98. The number of nitrogens with zero attached hydrogens (tertiary/aromatic N) is 2. The minimum atomic E-state index is -2.39. The summed E-state index contributed by atoms with van der Waals surface area (Å²) in [4.78, 5) is 52.3. The van der Waals surface area contributed by atoms with Crippen molar-refractivity contribution in [3.63, 3.8) is 0 Å². The van der Waals surface area contributed by atoms with E-state index in [1.165, 1.54) is 0 Å². The third kappa shape index (κ3) is 4.49. The van der Waals surface area contributed by atoms with Crippen LogP contribution in [0.5, 0.6) is 0 Å². The molecule has 0 aliphatic carbocycles. The molecule has 3 heterocycles. The van der Waals surface area contributed by atoms with Crippen molar-refractivity contribution in [2.24, 2.45) is 0 Å². The van der Waals surface area contributed by atoms with Crippen molar-refractivity contribution < 1.29 is 28.0 Å². The first-order valence-electron chi connectivity index (χ1n) is 10.4. The fourth-order valence-electron chi connectivity index (χ4n) is 4.50. The molecule has 0 spiro atoms. The van der Waals surface area contributed by atoms with E-state index in [0.717, 1.165) is 29.8 Å². The maximum Gasteiger partial charge on any atom is 0.262 e. The normalized spacial score (nSPS) is 24.7. The summed E-state index contributed by atoms with van der Waals surface area (Å²) in [5.74, 6) is -2.12. The molecule has 0 aromatic heterocycles. The molecular formula is C21H24F2N4O4. The Kier molecular flexibility index (Phi) is 6.10. The standard InChI is InChI=1S/C21H24F2N4O4/c22-17(23)9-24-13-2-1-7-26(11-13)10-12-3-4-14-15(8-12)21(31)27(20(14)30)16-5-6-18(28)25-19(16)29/h3-4,8,13,16-17,24H,1-2,5-7,9-11H2,(H,25,28,29). The van der Waals surface area contributed by atoms with Crippen LogP contribution in [0.3, 0.4) is 0 Å². The molecule has 3 aliphatic rings. The Bertz CT molecular complexity index is 923. The van der Waals surface area contributed by atoms with E-state index in [-0.39, 0.29) is 36.6 Å². The van der Waals surface area contributed by atoms with Crippen LogP contribution < -0.4 is 10.6 Å². The molecule has 2 saturated heterocycles. The molecule has 2 atom stereocenters. The molecule has 0 bridgehead atoms. The Labute approximate surface area is 177 Å². The first kappa shape index (κ1) is 21.5. The summed E-state index contributed by atoms with van der Waals surface area (Å²) in [6.45, 7) is 1.64. The van der Waals surface area contributed by atoms with E-state index in [1.807, 2.05) is 0 Å². The zero-order valence-corrected chi connectivity index (χ0v) is 16.9. The van der Waals surface area contributed by atoms with Gasteiger partial charge in [0, 0.05) is 25.6 Å². The molecule has 2 N–H and O–H groups in total. The van der Waals surface area contributed by atoms with Gasteiger partial charge in [0.25, 0.3) is 18.2 Å². The van der Waals surface area contributed by atoms with Crippen molar-refractivity contribution in [2.45, 2.75) is 50.7 Å². The summed E-state index contributed by atoms with van der Waals surface area (Å²) in [6.07, 6.45) is -0.481. The number of amides is 4. The van der Waals surface area contributed by atoms with Crippen LogP contribution in [-0.2, 0) is 16.1 Å². The molecule has 166 valence electrons. The fourth-order valence-corrected chi connectivity index (χ4v) is 4.50. The largest absolute Gasteiger partial charge is 0.307 e. The summed E-state index contributed by atoms with van der Waals surface area (Å²) in [5, 5.41) is 5.06. The van der Waals surface area contributed by atoms with Gasteiger partial charge < -0.3 is 5.32 Å². The van der Waals surface area contributed by atoms with Gasteiger partial charge in [-0.15, -0.1) is 0 Å². The van der Waals surface area contributed by atoms with Crippen LogP contribution in [-0.4, -0.2) is 71.6 Å². The highest BCUT2D eigenvalue weighted by atomic mass is 19.3. The van der Waals surface area contributed by atoms with Crippen molar-refractivity contribution >= 4 is 23.6 Å². The van der Waals surface area contributed by atoms with E-state index < -0.39 is 36.1 Å². The Morgan fingerprint density at radius 3 is 2.61 bits per heavy atom. The minimum Gasteiger partial charge on any atom is -0.307 e. The average Bonchev–Trinajstić information content (AvgIpc) is 2.97. The van der Waals surface area contributed by atoms with E-state index in [4.69, 9.17) is 0 Å². The van der Waals surface area contributed by atoms with E-state index in [0.29, 0.717) is 13.1 Å². The monoisotopic (exact) mass is 434 g/mol. The minimum absolute atomic E-state index is 0.0107. The lowest BCUT2D eigenvalue weighted by Crippen LogP contribution is -2.54. The first-order chi connectivity index (χ1) is 14.8. The number of rotatable bonds is 6. The number of halogens is 2. The number of benzene rings is 1. The van der Waals surface area contributed by atoms with Gasteiger partial charge in [-0.25, -0.2) is 8.78 Å². The molecule has 31 heavy (non-hydrogen) atoms. The van der Waals surface area contributed by atoms with Crippen LogP contribution in [0.15, 0.2) is 18.2 Å². The number of hydrogen-bond acceptors (Lipinski definition) is 6. The Hall–Kier alpha value is -2.72. The van der Waals surface area contributed by atoms with Crippen LogP contribution in [0, 0.1) is 0 Å². The van der Waals surface area contributed by atoms with Gasteiger partial charge >= 0.3 is 0 Å². The van der Waals surface area contributed by atoms with Gasteiger partial charge in [-0.05, 0) is 43.5 Å². The van der Waals surface area contributed by atoms with Gasteiger partial charge in [-0.2, -0.15) is 0 Å². The second kappa shape index (κ2) is 8.80. The number of carbonyl (C=O) groups is 4. The Morgan fingerprint density at radius 2 is 1.87 bits per heavy atom. The number of likely N-dealkylation sites (tertiary alicyclic amines) is 1. The summed E-state index contributed by atoms with van der Waals surface area (Å²) >= 11 is 0. The lowest BCUT2D eigenvalue weighted by atomic mass is 10.0. The quantitative estimate of drug-likeness (QED) is 0.646. The number of fused-ring (bicyclic) bond motifs is 1. The number of imide groups is 2. The Balaban J connectivity index is 1.45. The summed E-state index contributed by atoms with van der Waals surface area (Å²) < 4.78 is 24.9. The van der Waals surface area contributed by atoms with Gasteiger partial charge in [0.1, 0.15) is 6.04 Å². The van der Waals surface area contributed by atoms with Crippen molar-refractivity contribution in [2.75, 3.05) is 19.6 Å². The second-order valence-electron chi connectivity index (χ2n) is 8.20. The molecular weight excluding hydrogens is 410 g/mol. The SMILES string of the molecule is O=C1CCC(N2C(=O)c3ccc(CN4CCCC(NCC(F)F)C4)cc3C2=O)C(=O)N1. The number of piperidine rings is 2. The van der Waals surface area contributed by atoms with E-state index in [2.05, 4.69) is 15.5 Å². The van der Waals surface area contributed by atoms with Crippen molar-refractivity contribution in [3.8, 4) is 0 Å². The molecule has 4 amide bonds. The van der Waals surface area contributed by atoms with Crippen molar-refractivity contribution in [1.82, 2.24) is 20.4 Å². The molecule has 4 rings (SSSR count). The van der Waals surface area contributed by atoms with Crippen molar-refractivity contribution in [1.29, 1.82) is 0 Å². The van der Waals surface area contributed by atoms with Crippen LogP contribution in [0.2, 0.25) is 0 Å². The molecule has 2 fully saturated rings. The smallest absolute Gasteiger partial charge is 0.262 e. The Morgan fingerprint density at radius 1 is 1.10 bits per heavy atom. The maximum atomic E-state index is 12.9. The highest BCUT2D eigenvalue weighted by Crippen LogP contribution is 2.29. The molecule has 10 heteroatoms. The van der Waals surface area contributed by atoms with Crippen LogP contribution >= 0.6 is 0 Å². The fraction of sp³-hybridized carbons (Fsp3) is 0.524. The molecule has 8 nitrogen and oxygen atoms in total. The summed E-state index contributed by atoms with van der Waals surface area (Å²) in [6, 6.07) is 4.03. The van der Waals surface area contributed by atoms with Gasteiger partial charge in [-0.1, -0.05) is 6.07 Å². The zero-order chi connectivity index (χ0) is 22.1. The molecule has 2 unspecified atom stereocenters. The third-order valence-corrected chi connectivity index (χ3v) is 5.98. The van der Waals surface area contributed by atoms with Gasteiger partial charge in [0.05, 0.1) is 17.7 Å². The topological polar surface area (TPSA) is 98.8 Å².